The molecule has 0 aliphatic heterocycles. The predicted molar refractivity (Wildman–Crippen MR) is 95.8 cm³/mol. The molecule has 2 aromatic heterocycles. The van der Waals surface area contributed by atoms with Crippen molar-refractivity contribution in [3.05, 3.63) is 67.2 Å². The van der Waals surface area contributed by atoms with Gasteiger partial charge in [-0.15, -0.1) is 0 Å². The molecule has 0 radical (unpaired) electrons. The van der Waals surface area contributed by atoms with E-state index < -0.39 is 0 Å². The lowest BCUT2D eigenvalue weighted by atomic mass is 10.1. The first-order chi connectivity index (χ1) is 12.3. The Morgan fingerprint density at radius 2 is 1.76 bits per heavy atom. The van der Waals surface area contributed by atoms with Crippen LogP contribution in [0.25, 0.3) is 22.6 Å². The lowest BCUT2D eigenvalue weighted by molar-refractivity contribution is 0.415. The standard InChI is InChI=1S/C19H16N4O2/c1-24-16-8-6-15(7-9-16)22-19-23-17(12-25-19)13-2-4-14(5-3-13)18-20-10-11-21-18/h2-12H,1H3,(H,20,21)(H,22,23). The van der Waals surface area contributed by atoms with Crippen molar-refractivity contribution in [2.45, 2.75) is 0 Å². The topological polar surface area (TPSA) is 76.0 Å². The molecule has 4 rings (SSSR count). The summed E-state index contributed by atoms with van der Waals surface area (Å²) < 4.78 is 10.7. The van der Waals surface area contributed by atoms with Crippen LogP contribution >= 0.6 is 0 Å². The molecule has 2 heterocycles. The highest BCUT2D eigenvalue weighted by molar-refractivity contribution is 5.66. The molecular formula is C19H16N4O2. The average Bonchev–Trinajstić information content (AvgIpc) is 3.35. The summed E-state index contributed by atoms with van der Waals surface area (Å²) in [4.78, 5) is 11.8. The number of hydrogen-bond acceptors (Lipinski definition) is 5. The number of aromatic nitrogens is 3. The molecule has 124 valence electrons. The van der Waals surface area contributed by atoms with Crippen LogP contribution in [0.2, 0.25) is 0 Å². The van der Waals surface area contributed by atoms with Crippen LogP contribution < -0.4 is 10.1 Å². The first-order valence-corrected chi connectivity index (χ1v) is 7.78. The highest BCUT2D eigenvalue weighted by atomic mass is 16.5. The molecule has 0 bridgehead atoms. The van der Waals surface area contributed by atoms with Crippen molar-refractivity contribution in [1.82, 2.24) is 15.0 Å². The zero-order valence-corrected chi connectivity index (χ0v) is 13.6. The second kappa shape index (κ2) is 6.52. The number of oxazole rings is 1. The second-order valence-corrected chi connectivity index (χ2v) is 5.41. The molecule has 6 heteroatoms. The van der Waals surface area contributed by atoms with E-state index >= 15 is 0 Å². The normalized spacial score (nSPS) is 10.6. The molecule has 4 aromatic rings. The van der Waals surface area contributed by atoms with Gasteiger partial charge in [0.05, 0.1) is 7.11 Å². The molecule has 2 aromatic carbocycles. The van der Waals surface area contributed by atoms with E-state index in [1.165, 1.54) is 0 Å². The Labute approximate surface area is 144 Å². The number of aromatic amines is 1. The number of imidazole rings is 1. The largest absolute Gasteiger partial charge is 0.497 e. The molecule has 0 amide bonds. The third-order valence-electron chi connectivity index (χ3n) is 3.80. The van der Waals surface area contributed by atoms with Crippen molar-refractivity contribution < 1.29 is 9.15 Å². The summed E-state index contributed by atoms with van der Waals surface area (Å²) in [7, 11) is 1.64. The van der Waals surface area contributed by atoms with Crippen LogP contribution in [-0.2, 0) is 0 Å². The summed E-state index contributed by atoms with van der Waals surface area (Å²) in [6, 6.07) is 16.0. The predicted octanol–water partition coefficient (Wildman–Crippen LogP) is 4.48. The Hall–Kier alpha value is -3.54. The maximum Gasteiger partial charge on any atom is 0.299 e. The first-order valence-electron chi connectivity index (χ1n) is 7.78. The van der Waals surface area contributed by atoms with Crippen LogP contribution in [-0.4, -0.2) is 22.1 Å². The molecule has 0 unspecified atom stereocenters. The van der Waals surface area contributed by atoms with E-state index in [2.05, 4.69) is 20.3 Å². The minimum Gasteiger partial charge on any atom is -0.497 e. The summed E-state index contributed by atoms with van der Waals surface area (Å²) in [6.45, 7) is 0. The number of methoxy groups -OCH3 is 1. The minimum atomic E-state index is 0.440. The molecule has 2 N–H and O–H groups in total. The number of benzene rings is 2. The van der Waals surface area contributed by atoms with Gasteiger partial charge in [0.2, 0.25) is 0 Å². The minimum absolute atomic E-state index is 0.440. The van der Waals surface area contributed by atoms with Crippen molar-refractivity contribution in [3.63, 3.8) is 0 Å². The summed E-state index contributed by atoms with van der Waals surface area (Å²) in [5.41, 5.74) is 3.64. The number of nitrogens with one attached hydrogen (secondary N) is 2. The van der Waals surface area contributed by atoms with Crippen LogP contribution in [0, 0.1) is 0 Å². The smallest absolute Gasteiger partial charge is 0.299 e. The van der Waals surface area contributed by atoms with Crippen molar-refractivity contribution in [1.29, 1.82) is 0 Å². The lowest BCUT2D eigenvalue weighted by Crippen LogP contribution is -1.91. The second-order valence-electron chi connectivity index (χ2n) is 5.41. The molecule has 0 saturated carbocycles. The van der Waals surface area contributed by atoms with Gasteiger partial charge in [-0.3, -0.25) is 0 Å². The highest BCUT2D eigenvalue weighted by Crippen LogP contribution is 2.25. The van der Waals surface area contributed by atoms with E-state index in [1.807, 2.05) is 48.5 Å². The van der Waals surface area contributed by atoms with Gasteiger partial charge >= 0.3 is 0 Å². The zero-order chi connectivity index (χ0) is 17.1. The monoisotopic (exact) mass is 332 g/mol. The SMILES string of the molecule is COc1ccc(Nc2nc(-c3ccc(-c4ncc[nH]4)cc3)co2)cc1. The third kappa shape index (κ3) is 3.23. The molecule has 0 aliphatic rings. The van der Waals surface area contributed by atoms with E-state index in [4.69, 9.17) is 9.15 Å². The van der Waals surface area contributed by atoms with Crippen molar-refractivity contribution in [3.8, 4) is 28.4 Å². The van der Waals surface area contributed by atoms with Crippen molar-refractivity contribution in [2.75, 3.05) is 12.4 Å². The van der Waals surface area contributed by atoms with E-state index in [-0.39, 0.29) is 0 Å². The maximum absolute atomic E-state index is 5.51. The summed E-state index contributed by atoms with van der Waals surface area (Å²) >= 11 is 0. The number of hydrogen-bond donors (Lipinski definition) is 2. The fourth-order valence-corrected chi connectivity index (χ4v) is 2.48. The molecular weight excluding hydrogens is 316 g/mol. The molecule has 25 heavy (non-hydrogen) atoms. The third-order valence-corrected chi connectivity index (χ3v) is 3.80. The van der Waals surface area contributed by atoms with Crippen LogP contribution in [0.4, 0.5) is 11.7 Å². The molecule has 0 spiro atoms. The van der Waals surface area contributed by atoms with E-state index in [0.29, 0.717) is 6.01 Å². The van der Waals surface area contributed by atoms with Crippen LogP contribution in [0.1, 0.15) is 0 Å². The Bertz CT molecular complexity index is 942. The van der Waals surface area contributed by atoms with Gasteiger partial charge in [-0.05, 0) is 24.3 Å². The summed E-state index contributed by atoms with van der Waals surface area (Å²) in [6.07, 6.45) is 5.17. The first kappa shape index (κ1) is 15.0. The quantitative estimate of drug-likeness (QED) is 0.563. The Morgan fingerprint density at radius 3 is 2.44 bits per heavy atom. The van der Waals surface area contributed by atoms with E-state index in [1.54, 1.807) is 25.8 Å². The van der Waals surface area contributed by atoms with Crippen LogP contribution in [0.3, 0.4) is 0 Å². The molecule has 0 fully saturated rings. The summed E-state index contributed by atoms with van der Waals surface area (Å²) in [5.74, 6) is 1.64. The molecule has 0 atom stereocenters. The number of H-pyrrole nitrogens is 1. The number of ether oxygens (including phenoxy) is 1. The molecule has 0 saturated heterocycles. The fourth-order valence-electron chi connectivity index (χ4n) is 2.48. The fraction of sp³-hybridized carbons (Fsp3) is 0.0526. The van der Waals surface area contributed by atoms with Gasteiger partial charge in [0.1, 0.15) is 23.5 Å². The summed E-state index contributed by atoms with van der Waals surface area (Å²) in [5, 5.41) is 3.13. The molecule has 0 aliphatic carbocycles. The van der Waals surface area contributed by atoms with Crippen LogP contribution in [0.5, 0.6) is 5.75 Å². The molecule has 6 nitrogen and oxygen atoms in total. The maximum atomic E-state index is 5.51. The average molecular weight is 332 g/mol. The number of anilines is 2. The number of nitrogens with zero attached hydrogens (tertiary/aromatic N) is 2. The zero-order valence-electron chi connectivity index (χ0n) is 13.6. The van der Waals surface area contributed by atoms with E-state index in [9.17, 15) is 0 Å². The van der Waals surface area contributed by atoms with Gasteiger partial charge in [-0.1, -0.05) is 24.3 Å². The number of rotatable bonds is 5. The lowest BCUT2D eigenvalue weighted by Gasteiger charge is -2.03. The van der Waals surface area contributed by atoms with Crippen molar-refractivity contribution >= 4 is 11.7 Å². The Kier molecular flexibility index (Phi) is 3.92. The van der Waals surface area contributed by atoms with Gasteiger partial charge in [0, 0.05) is 29.2 Å². The highest BCUT2D eigenvalue weighted by Gasteiger charge is 2.08. The van der Waals surface area contributed by atoms with Gasteiger partial charge in [0.25, 0.3) is 6.01 Å². The van der Waals surface area contributed by atoms with E-state index in [0.717, 1.165) is 34.1 Å². The van der Waals surface area contributed by atoms with Gasteiger partial charge in [-0.2, -0.15) is 4.98 Å². The van der Waals surface area contributed by atoms with Crippen molar-refractivity contribution in [2.24, 2.45) is 0 Å². The van der Waals surface area contributed by atoms with Gasteiger partial charge in [-0.25, -0.2) is 4.98 Å². The Balaban J connectivity index is 1.50. The van der Waals surface area contributed by atoms with Gasteiger partial charge < -0.3 is 19.5 Å². The van der Waals surface area contributed by atoms with Crippen LogP contribution in [0.15, 0.2) is 71.6 Å². The Morgan fingerprint density at radius 1 is 1.00 bits per heavy atom. The van der Waals surface area contributed by atoms with Gasteiger partial charge in [0.15, 0.2) is 0 Å².